The van der Waals surface area contributed by atoms with Gasteiger partial charge in [-0.3, -0.25) is 43.2 Å². The normalized spacial score (nSPS) is 12.5. The van der Waals surface area contributed by atoms with Crippen LogP contribution in [0.15, 0.2) is 0 Å². The highest BCUT2D eigenvalue weighted by Crippen LogP contribution is 2.28. The van der Waals surface area contributed by atoms with Crippen LogP contribution in [0.3, 0.4) is 0 Å². The second-order valence-electron chi connectivity index (χ2n) is 25.6. The number of ether oxygens (including phenoxy) is 14. The van der Waals surface area contributed by atoms with Crippen LogP contribution in [0.5, 0.6) is 0 Å². The zero-order valence-electron chi connectivity index (χ0n) is 61.6. The first-order valence-electron chi connectivity index (χ1n) is 35.5. The number of hydrogen-bond donors (Lipinski definition) is 0. The van der Waals surface area contributed by atoms with Gasteiger partial charge >= 0.3 is 0 Å². The van der Waals surface area contributed by atoms with Crippen molar-refractivity contribution in [1.82, 2.24) is 0 Å². The van der Waals surface area contributed by atoms with Gasteiger partial charge in [0, 0.05) is 154 Å². The van der Waals surface area contributed by atoms with Crippen molar-refractivity contribution in [2.45, 2.75) is 203 Å². The van der Waals surface area contributed by atoms with Crippen LogP contribution in [0, 0.1) is 36.8 Å². The van der Waals surface area contributed by atoms with E-state index in [0.717, 1.165) is 0 Å². The minimum atomic E-state index is -0.494. The molecular weight excluding hydrogens is 1280 g/mol. The summed E-state index contributed by atoms with van der Waals surface area (Å²) in [6, 6.07) is 0. The molecule has 0 aromatic carbocycles. The molecule has 0 bridgehead atoms. The molecule has 0 N–H and O–H groups in total. The van der Waals surface area contributed by atoms with Gasteiger partial charge in [0.05, 0.1) is 92.5 Å². The molecule has 0 aliphatic carbocycles. The zero-order valence-corrected chi connectivity index (χ0v) is 61.6. The number of carbonyl (C=O) groups excluding carboxylic acids is 9. The Morgan fingerprint density at radius 1 is 0.263 bits per heavy atom. The topological polar surface area (TPSA) is 292 Å². The summed E-state index contributed by atoms with van der Waals surface area (Å²) in [5.41, 5.74) is -0.981. The molecule has 99 heavy (non-hydrogen) atoms. The van der Waals surface area contributed by atoms with Crippen LogP contribution >= 0.6 is 0 Å². The number of nitrogens with zero attached hydrogens (tertiary/aromatic N) is 2. The van der Waals surface area contributed by atoms with E-state index >= 15 is 0 Å². The Hall–Kier alpha value is -4.55. The van der Waals surface area contributed by atoms with Gasteiger partial charge in [0.1, 0.15) is 57.8 Å². The fourth-order valence-electron chi connectivity index (χ4n) is 8.09. The van der Waals surface area contributed by atoms with E-state index in [2.05, 4.69) is 9.69 Å². The van der Waals surface area contributed by atoms with Crippen molar-refractivity contribution in [3.8, 4) is 0 Å². The smallest absolute Gasteiger partial charge is 0.232 e. The third-order valence-corrected chi connectivity index (χ3v) is 15.7. The molecule has 25 nitrogen and oxygen atoms in total. The maximum atomic E-state index is 12.1. The molecule has 0 heterocycles. The fourth-order valence-corrected chi connectivity index (χ4v) is 8.09. The highest BCUT2D eigenvalue weighted by Gasteiger charge is 2.35. The molecule has 2 atom stereocenters. The zero-order chi connectivity index (χ0) is 73.3. The van der Waals surface area contributed by atoms with E-state index in [-0.39, 0.29) is 136 Å². The van der Waals surface area contributed by atoms with E-state index in [1.54, 1.807) is 0 Å². The Labute approximate surface area is 594 Å². The molecule has 0 aromatic heterocycles. The lowest BCUT2D eigenvalue weighted by molar-refractivity contribution is -0.127. The molecule has 0 aromatic rings. The van der Waals surface area contributed by atoms with Crippen molar-refractivity contribution < 1.29 is 109 Å². The quantitative estimate of drug-likeness (QED) is 0.0404. The van der Waals surface area contributed by atoms with Gasteiger partial charge in [0.2, 0.25) is 11.1 Å². The van der Waals surface area contributed by atoms with Crippen LogP contribution in [-0.2, 0) is 109 Å². The average Bonchev–Trinajstić information content (AvgIpc) is 1.10. The minimum absolute atomic E-state index is 0. The van der Waals surface area contributed by atoms with Gasteiger partial charge in [0.15, 0.2) is 40.5 Å². The Kier molecular flexibility index (Phi) is 67.7. The van der Waals surface area contributed by atoms with E-state index in [9.17, 15) is 43.2 Å². The summed E-state index contributed by atoms with van der Waals surface area (Å²) in [5, 5.41) is 0. The first kappa shape index (κ1) is 98.6. The van der Waals surface area contributed by atoms with Crippen LogP contribution < -0.4 is 0 Å². The second-order valence-corrected chi connectivity index (χ2v) is 25.6. The lowest BCUT2D eigenvalue weighted by Gasteiger charge is -2.20. The van der Waals surface area contributed by atoms with Crippen molar-refractivity contribution >= 4 is 52.0 Å². The number of hydrogen-bond acceptors (Lipinski definition) is 23. The predicted molar refractivity (Wildman–Crippen MR) is 376 cm³/mol. The first-order chi connectivity index (χ1) is 46.9. The van der Waals surface area contributed by atoms with Gasteiger partial charge in [-0.2, -0.15) is 0 Å². The van der Waals surface area contributed by atoms with Crippen LogP contribution in [0.2, 0.25) is 0 Å². The van der Waals surface area contributed by atoms with Gasteiger partial charge in [-0.25, -0.2) is 13.1 Å². The summed E-state index contributed by atoms with van der Waals surface area (Å²) in [6.07, 6.45) is 8.79. The summed E-state index contributed by atoms with van der Waals surface area (Å²) in [5.74, 6) is 0.707. The predicted octanol–water partition coefficient (Wildman–Crippen LogP) is 9.96. The average molecular weight is 1420 g/mol. The molecule has 0 saturated carbocycles. The summed E-state index contributed by atoms with van der Waals surface area (Å²) >= 11 is 0. The van der Waals surface area contributed by atoms with E-state index in [1.807, 2.05) is 69.2 Å². The summed E-state index contributed by atoms with van der Waals surface area (Å²) in [7, 11) is 0. The van der Waals surface area contributed by atoms with Crippen molar-refractivity contribution in [3.05, 3.63) is 22.8 Å². The molecule has 0 saturated heterocycles. The van der Waals surface area contributed by atoms with Crippen molar-refractivity contribution in [2.24, 2.45) is 23.7 Å². The van der Waals surface area contributed by atoms with Gasteiger partial charge in [-0.1, -0.05) is 62.8 Å². The standard InChI is InChI=1S/C40H69NO13.C33H57NO10.CH4/c1-33(2)39(46)32-54-28-24-50-20-10-14-38(45)31-53-27-23-49-19-9-13-37(44)30-52-26-22-48-18-8-12-36(43)29-51-25-21-47-17-7-11-35(42)15-16-40(5,41-6)34(3)4;1-27(2)32(38)26-44-23-20-41-17-9-12-31(37)25-43-22-19-40-16-8-11-30(36)24-42-21-18-39-15-7-10-29(35)13-14-33(5,34-6)28(3)4;/h33-34H,7-32H2,1-5H3;27-28H,7-26H2,1-5H3;1H4. The molecule has 0 rings (SSSR count). The SMILES string of the molecule is C.[C-]#[N+]C(C)(CCC(=O)CCCOCCOCC(=O)CCCOCCOCC(=O)CCCOCCOCC(=O)C(C)C)C(C)C.[C-]#[N+]C(C)(CCC(=O)CCCOCCOCC(=O)CCCOCCOCC(=O)CCCOCCOCC(=O)CCCOCCOCC(=O)C(C)C)C(C)C. The molecular formula is C74H130N2O23. The Bertz CT molecular complexity index is 2200. The van der Waals surface area contributed by atoms with Crippen LogP contribution in [0.4, 0.5) is 0 Å². The third-order valence-electron chi connectivity index (χ3n) is 15.7. The number of rotatable bonds is 73. The first-order valence-corrected chi connectivity index (χ1v) is 35.5. The summed E-state index contributed by atoms with van der Waals surface area (Å²) in [6.45, 7) is 41.9. The Morgan fingerprint density at radius 2 is 0.434 bits per heavy atom. The molecule has 0 aliphatic heterocycles. The van der Waals surface area contributed by atoms with Gasteiger partial charge in [-0.15, -0.1) is 0 Å². The van der Waals surface area contributed by atoms with Crippen molar-refractivity contribution in [2.75, 3.05) is 185 Å². The number of carbonyl (C=O) groups is 9. The maximum Gasteiger partial charge on any atom is 0.232 e. The Morgan fingerprint density at radius 3 is 0.606 bits per heavy atom. The van der Waals surface area contributed by atoms with E-state index < -0.39 is 11.1 Å². The van der Waals surface area contributed by atoms with Crippen molar-refractivity contribution in [3.63, 3.8) is 0 Å². The molecule has 0 spiro atoms. The van der Waals surface area contributed by atoms with Crippen LogP contribution in [0.1, 0.15) is 192 Å². The van der Waals surface area contributed by atoms with Gasteiger partial charge in [-0.05, 0) is 44.9 Å². The summed E-state index contributed by atoms with van der Waals surface area (Å²) in [4.78, 5) is 114. The largest absolute Gasteiger partial charge is 0.379 e. The van der Waals surface area contributed by atoms with Crippen LogP contribution in [-0.4, -0.2) is 248 Å². The van der Waals surface area contributed by atoms with Gasteiger partial charge < -0.3 is 76.0 Å². The lowest BCUT2D eigenvalue weighted by Crippen LogP contribution is -2.28. The van der Waals surface area contributed by atoms with E-state index in [0.29, 0.717) is 248 Å². The van der Waals surface area contributed by atoms with Crippen LogP contribution in [0.25, 0.3) is 9.69 Å². The fraction of sp³-hybridized carbons (Fsp3) is 0.851. The molecule has 0 aliphatic rings. The van der Waals surface area contributed by atoms with Gasteiger partial charge in [0.25, 0.3) is 0 Å². The number of Topliss-reactive ketones (excluding diaryl/α,β-unsaturated/α-hetero) is 9. The number of ketones is 9. The van der Waals surface area contributed by atoms with E-state index in [4.69, 9.17) is 79.5 Å². The second kappa shape index (κ2) is 67.9. The molecule has 2 unspecified atom stereocenters. The van der Waals surface area contributed by atoms with E-state index in [1.165, 1.54) is 0 Å². The lowest BCUT2D eigenvalue weighted by atomic mass is 9.84. The third kappa shape index (κ3) is 64.1. The monoisotopic (exact) mass is 1410 g/mol. The molecule has 25 heteroatoms. The maximum absolute atomic E-state index is 12.1. The highest BCUT2D eigenvalue weighted by atomic mass is 16.6. The summed E-state index contributed by atoms with van der Waals surface area (Å²) < 4.78 is 75.3. The molecule has 0 radical (unpaired) electrons. The molecule has 0 fully saturated rings. The minimum Gasteiger partial charge on any atom is -0.379 e. The molecule has 574 valence electrons. The molecule has 0 amide bonds. The Balaban J connectivity index is -0.00000188. The highest BCUT2D eigenvalue weighted by molar-refractivity contribution is 5.83. The van der Waals surface area contributed by atoms with Crippen molar-refractivity contribution in [1.29, 1.82) is 0 Å².